The summed E-state index contributed by atoms with van der Waals surface area (Å²) in [6.07, 6.45) is 5.33. The molecule has 4 heteroatoms. The Morgan fingerprint density at radius 3 is 2.67 bits per heavy atom. The zero-order valence-corrected chi connectivity index (χ0v) is 9.19. The van der Waals surface area contributed by atoms with Crippen LogP contribution in [0.2, 0.25) is 6.32 Å². The standard InChI is InChI=1S/C11H20BNO2/c12-4-1-2-9-6-8(3-5-13)7-10(9)11(14)15/h8-10H,1-7,13H2,(H,14,15)/t8-,9-,10+/m0/s1. The molecule has 0 unspecified atom stereocenters. The minimum atomic E-state index is -0.642. The van der Waals surface area contributed by atoms with Crippen molar-refractivity contribution in [2.45, 2.75) is 38.4 Å². The van der Waals surface area contributed by atoms with Crippen LogP contribution in [0.4, 0.5) is 0 Å². The van der Waals surface area contributed by atoms with Crippen LogP contribution < -0.4 is 5.73 Å². The van der Waals surface area contributed by atoms with Gasteiger partial charge in [0.2, 0.25) is 0 Å². The lowest BCUT2D eigenvalue weighted by Gasteiger charge is -2.14. The summed E-state index contributed by atoms with van der Waals surface area (Å²) in [4.78, 5) is 11.1. The van der Waals surface area contributed by atoms with Gasteiger partial charge in [-0.05, 0) is 37.6 Å². The highest BCUT2D eigenvalue weighted by atomic mass is 16.4. The Labute approximate surface area is 92.8 Å². The Balaban J connectivity index is 2.47. The summed E-state index contributed by atoms with van der Waals surface area (Å²) >= 11 is 0. The van der Waals surface area contributed by atoms with Crippen molar-refractivity contribution in [2.75, 3.05) is 6.54 Å². The number of nitrogens with two attached hydrogens (primary N) is 1. The first kappa shape index (κ1) is 12.6. The van der Waals surface area contributed by atoms with Gasteiger partial charge < -0.3 is 10.8 Å². The minimum Gasteiger partial charge on any atom is -0.481 e. The molecule has 84 valence electrons. The summed E-state index contributed by atoms with van der Waals surface area (Å²) in [7, 11) is 5.45. The molecule has 2 radical (unpaired) electrons. The van der Waals surface area contributed by atoms with E-state index in [1.54, 1.807) is 0 Å². The maximum absolute atomic E-state index is 11.1. The molecule has 1 rings (SSSR count). The lowest BCUT2D eigenvalue weighted by molar-refractivity contribution is -0.143. The molecule has 0 aromatic rings. The zero-order chi connectivity index (χ0) is 11.3. The first-order valence-electron chi connectivity index (χ1n) is 5.82. The van der Waals surface area contributed by atoms with Crippen molar-refractivity contribution in [3.63, 3.8) is 0 Å². The first-order chi connectivity index (χ1) is 7.19. The third-order valence-electron chi connectivity index (χ3n) is 3.46. The van der Waals surface area contributed by atoms with Gasteiger partial charge in [0.15, 0.2) is 0 Å². The van der Waals surface area contributed by atoms with E-state index in [1.165, 1.54) is 0 Å². The summed E-state index contributed by atoms with van der Waals surface area (Å²) in [5, 5.41) is 9.11. The second-order valence-corrected chi connectivity index (χ2v) is 4.55. The molecule has 1 aliphatic rings. The van der Waals surface area contributed by atoms with E-state index in [4.69, 9.17) is 18.7 Å². The molecule has 1 fully saturated rings. The van der Waals surface area contributed by atoms with E-state index in [0.717, 1.165) is 32.1 Å². The van der Waals surface area contributed by atoms with Gasteiger partial charge in [0, 0.05) is 0 Å². The van der Waals surface area contributed by atoms with Crippen LogP contribution >= 0.6 is 0 Å². The van der Waals surface area contributed by atoms with Gasteiger partial charge in [-0.25, -0.2) is 0 Å². The molecule has 15 heavy (non-hydrogen) atoms. The van der Waals surface area contributed by atoms with Crippen molar-refractivity contribution < 1.29 is 9.90 Å². The number of hydrogen-bond acceptors (Lipinski definition) is 2. The SMILES string of the molecule is [B]CCC[C@H]1C[C@H](CCN)C[C@H]1C(=O)O. The van der Waals surface area contributed by atoms with E-state index in [0.29, 0.717) is 24.7 Å². The number of rotatable bonds is 6. The summed E-state index contributed by atoms with van der Waals surface area (Å²) < 4.78 is 0. The van der Waals surface area contributed by atoms with Gasteiger partial charge in [0.25, 0.3) is 0 Å². The first-order valence-corrected chi connectivity index (χ1v) is 5.82. The van der Waals surface area contributed by atoms with Crippen LogP contribution in [0.1, 0.15) is 32.1 Å². The summed E-state index contributed by atoms with van der Waals surface area (Å²) in [6.45, 7) is 0.667. The fraction of sp³-hybridized carbons (Fsp3) is 0.909. The second kappa shape index (κ2) is 6.16. The molecule has 0 aromatic heterocycles. The van der Waals surface area contributed by atoms with Gasteiger partial charge in [0.1, 0.15) is 0 Å². The molecule has 1 aliphatic carbocycles. The summed E-state index contributed by atoms with van der Waals surface area (Å²) in [6, 6.07) is 0. The van der Waals surface area contributed by atoms with Crippen LogP contribution in [0.5, 0.6) is 0 Å². The van der Waals surface area contributed by atoms with E-state index in [-0.39, 0.29) is 5.92 Å². The Morgan fingerprint density at radius 1 is 1.40 bits per heavy atom. The van der Waals surface area contributed by atoms with E-state index in [2.05, 4.69) is 0 Å². The van der Waals surface area contributed by atoms with Crippen molar-refractivity contribution in [1.82, 2.24) is 0 Å². The van der Waals surface area contributed by atoms with E-state index in [9.17, 15) is 4.79 Å². The molecular formula is C11H20BNO2. The smallest absolute Gasteiger partial charge is 0.306 e. The van der Waals surface area contributed by atoms with Gasteiger partial charge in [-0.2, -0.15) is 0 Å². The zero-order valence-electron chi connectivity index (χ0n) is 9.19. The van der Waals surface area contributed by atoms with Crippen LogP contribution in [0.3, 0.4) is 0 Å². The van der Waals surface area contributed by atoms with Crippen molar-refractivity contribution >= 4 is 13.8 Å². The van der Waals surface area contributed by atoms with E-state index >= 15 is 0 Å². The molecule has 1 saturated carbocycles. The van der Waals surface area contributed by atoms with E-state index in [1.807, 2.05) is 0 Å². The van der Waals surface area contributed by atoms with Crippen molar-refractivity contribution in [3.05, 3.63) is 0 Å². The Kier molecular flexibility index (Phi) is 5.16. The van der Waals surface area contributed by atoms with E-state index < -0.39 is 5.97 Å². The van der Waals surface area contributed by atoms with Crippen LogP contribution in [-0.2, 0) is 4.79 Å². The monoisotopic (exact) mass is 209 g/mol. The second-order valence-electron chi connectivity index (χ2n) is 4.55. The highest BCUT2D eigenvalue weighted by molar-refractivity contribution is 6.08. The fourth-order valence-corrected chi connectivity index (χ4v) is 2.71. The van der Waals surface area contributed by atoms with Gasteiger partial charge in [-0.1, -0.05) is 19.2 Å². The Hall–Kier alpha value is -0.505. The molecule has 0 amide bonds. The molecule has 3 N–H and O–H groups in total. The predicted molar refractivity (Wildman–Crippen MR) is 60.8 cm³/mol. The minimum absolute atomic E-state index is 0.159. The average molecular weight is 209 g/mol. The molecule has 3 atom stereocenters. The number of carbonyl (C=O) groups is 1. The van der Waals surface area contributed by atoms with Crippen molar-refractivity contribution in [3.8, 4) is 0 Å². The molecule has 3 nitrogen and oxygen atoms in total. The fourth-order valence-electron chi connectivity index (χ4n) is 2.71. The average Bonchev–Trinajstić information content (AvgIpc) is 2.59. The third kappa shape index (κ3) is 3.52. The van der Waals surface area contributed by atoms with Crippen LogP contribution in [0, 0.1) is 17.8 Å². The number of carboxylic acid groups (broad SMARTS) is 1. The van der Waals surface area contributed by atoms with Crippen LogP contribution in [0.15, 0.2) is 0 Å². The Morgan fingerprint density at radius 2 is 2.13 bits per heavy atom. The highest BCUT2D eigenvalue weighted by Gasteiger charge is 2.37. The molecule has 0 heterocycles. The predicted octanol–water partition coefficient (Wildman–Crippen LogP) is 1.43. The molecule has 0 aliphatic heterocycles. The van der Waals surface area contributed by atoms with Crippen molar-refractivity contribution in [1.29, 1.82) is 0 Å². The summed E-state index contributed by atoms with van der Waals surface area (Å²) in [5.41, 5.74) is 5.51. The lowest BCUT2D eigenvalue weighted by atomic mass is 9.88. The molecular weight excluding hydrogens is 189 g/mol. The molecule has 0 bridgehead atoms. The van der Waals surface area contributed by atoms with Crippen molar-refractivity contribution in [2.24, 2.45) is 23.5 Å². The quantitative estimate of drug-likeness (QED) is 0.650. The summed E-state index contributed by atoms with van der Waals surface area (Å²) in [5.74, 6) is 0.0334. The molecule has 0 spiro atoms. The largest absolute Gasteiger partial charge is 0.481 e. The van der Waals surface area contributed by atoms with Crippen LogP contribution in [-0.4, -0.2) is 25.5 Å². The maximum Gasteiger partial charge on any atom is 0.306 e. The maximum atomic E-state index is 11.1. The molecule has 0 saturated heterocycles. The number of carboxylic acids is 1. The normalized spacial score (nSPS) is 30.6. The van der Waals surface area contributed by atoms with Gasteiger partial charge in [0.05, 0.1) is 13.8 Å². The number of hydrogen-bond donors (Lipinski definition) is 2. The lowest BCUT2D eigenvalue weighted by Crippen LogP contribution is -2.18. The third-order valence-corrected chi connectivity index (χ3v) is 3.46. The topological polar surface area (TPSA) is 63.3 Å². The highest BCUT2D eigenvalue weighted by Crippen LogP contribution is 2.40. The Bertz CT molecular complexity index is 211. The molecule has 0 aromatic carbocycles. The van der Waals surface area contributed by atoms with Gasteiger partial charge >= 0.3 is 5.97 Å². The van der Waals surface area contributed by atoms with Crippen LogP contribution in [0.25, 0.3) is 0 Å². The van der Waals surface area contributed by atoms with Gasteiger partial charge in [-0.3, -0.25) is 4.79 Å². The van der Waals surface area contributed by atoms with Gasteiger partial charge in [-0.15, -0.1) is 0 Å². The number of aliphatic carboxylic acids is 1.